The lowest BCUT2D eigenvalue weighted by Gasteiger charge is -2.29. The Balaban J connectivity index is 0.000000121. The molecule has 4 nitrogen and oxygen atoms in total. The first kappa shape index (κ1) is 50.0. The molecule has 0 amide bonds. The van der Waals surface area contributed by atoms with Crippen LogP contribution in [0.1, 0.15) is 32.6 Å². The van der Waals surface area contributed by atoms with Crippen LogP contribution in [0.15, 0.2) is 262 Å². The lowest BCUT2D eigenvalue weighted by atomic mass is 9.80. The summed E-state index contributed by atoms with van der Waals surface area (Å²) < 4.78 is 17.7. The third kappa shape index (κ3) is 7.99. The summed E-state index contributed by atoms with van der Waals surface area (Å²) in [6.45, 7) is 0. The second kappa shape index (κ2) is 19.9. The summed E-state index contributed by atoms with van der Waals surface area (Å²) in [6, 6.07) is 77.6. The average Bonchev–Trinajstić information content (AvgIpc) is 4.27. The molecular formula is C70H39Br5O4. The third-order valence-corrected chi connectivity index (χ3v) is 18.6. The van der Waals surface area contributed by atoms with E-state index in [1.54, 1.807) is 0 Å². The fourth-order valence-electron chi connectivity index (χ4n) is 11.9. The number of fused-ring (bicyclic) bond motifs is 18. The highest BCUT2D eigenvalue weighted by atomic mass is 79.9. The van der Waals surface area contributed by atoms with Crippen molar-refractivity contribution in [1.82, 2.24) is 0 Å². The summed E-state index contributed by atoms with van der Waals surface area (Å²) in [5, 5.41) is 21.6. The van der Waals surface area contributed by atoms with Crippen LogP contribution < -0.4 is 0 Å². The maximum absolute atomic E-state index is 13.2. The van der Waals surface area contributed by atoms with Crippen LogP contribution in [-0.2, 0) is 5.60 Å². The minimum atomic E-state index is -1.42. The lowest BCUT2D eigenvalue weighted by Crippen LogP contribution is -2.27. The number of aliphatic hydroxyl groups is 1. The maximum Gasteiger partial charge on any atom is 0.194 e. The molecule has 9 heteroatoms. The summed E-state index contributed by atoms with van der Waals surface area (Å²) in [6.07, 6.45) is 0. The Labute approximate surface area is 496 Å². The van der Waals surface area contributed by atoms with Gasteiger partial charge in [-0.2, -0.15) is 0 Å². The fraction of sp³-hybridized carbons (Fsp3) is 0.0143. The molecule has 0 fully saturated rings. The van der Waals surface area contributed by atoms with Crippen molar-refractivity contribution in [2.45, 2.75) is 5.60 Å². The van der Waals surface area contributed by atoms with Gasteiger partial charge in [-0.15, -0.1) is 0 Å². The number of carbonyl (C=O) groups excluding carboxylic acids is 1. The van der Waals surface area contributed by atoms with E-state index >= 15 is 0 Å². The predicted molar refractivity (Wildman–Crippen MR) is 341 cm³/mol. The molecule has 0 bridgehead atoms. The first-order valence-electron chi connectivity index (χ1n) is 25.5. The molecule has 0 spiro atoms. The molecule has 14 aromatic rings. The molecular weight excluding hydrogens is 1300 g/mol. The monoisotopic (exact) mass is 1340 g/mol. The van der Waals surface area contributed by atoms with Gasteiger partial charge in [0.15, 0.2) is 5.78 Å². The number of para-hydroxylation sites is 2. The number of carbonyl (C=O) groups is 1. The minimum absolute atomic E-state index is 0.0366. The quantitative estimate of drug-likeness (QED) is 0.191. The molecule has 0 saturated carbocycles. The molecule has 1 unspecified atom stereocenters. The van der Waals surface area contributed by atoms with Gasteiger partial charge in [-0.05, 0) is 118 Å². The van der Waals surface area contributed by atoms with Crippen molar-refractivity contribution < 1.29 is 18.7 Å². The molecule has 0 radical (unpaired) electrons. The maximum atomic E-state index is 13.2. The zero-order chi connectivity index (χ0) is 53.7. The van der Waals surface area contributed by atoms with E-state index in [-0.39, 0.29) is 5.78 Å². The van der Waals surface area contributed by atoms with Crippen LogP contribution in [0.3, 0.4) is 0 Å². The highest BCUT2D eigenvalue weighted by Crippen LogP contribution is 2.60. The summed E-state index contributed by atoms with van der Waals surface area (Å²) in [5.41, 5.74) is 14.0. The van der Waals surface area contributed by atoms with Crippen LogP contribution in [0.4, 0.5) is 0 Å². The van der Waals surface area contributed by atoms with E-state index in [0.717, 1.165) is 143 Å². The van der Waals surface area contributed by atoms with Crippen molar-refractivity contribution in [1.29, 1.82) is 0 Å². The summed E-state index contributed by atoms with van der Waals surface area (Å²) >= 11 is 18.5. The van der Waals surface area contributed by atoms with Crippen LogP contribution in [-0.4, -0.2) is 10.9 Å². The number of benzene rings is 12. The third-order valence-electron chi connectivity index (χ3n) is 15.3. The van der Waals surface area contributed by atoms with E-state index in [4.69, 9.17) is 8.83 Å². The molecule has 2 aliphatic rings. The second-order valence-corrected chi connectivity index (χ2v) is 23.9. The molecule has 16 rings (SSSR count). The highest BCUT2D eigenvalue weighted by Gasteiger charge is 2.47. The van der Waals surface area contributed by atoms with Gasteiger partial charge in [0.05, 0.1) is 0 Å². The van der Waals surface area contributed by atoms with Gasteiger partial charge in [0, 0.05) is 94.0 Å². The van der Waals surface area contributed by atoms with Gasteiger partial charge >= 0.3 is 0 Å². The van der Waals surface area contributed by atoms with E-state index < -0.39 is 5.60 Å². The van der Waals surface area contributed by atoms with Crippen LogP contribution >= 0.6 is 79.6 Å². The second-order valence-electron chi connectivity index (χ2n) is 19.6. The Hall–Kier alpha value is -7.21. The molecule has 2 aromatic heterocycles. The first-order chi connectivity index (χ1) is 38.6. The Bertz CT molecular complexity index is 4830. The van der Waals surface area contributed by atoms with Crippen LogP contribution in [0.25, 0.3) is 110 Å². The topological polar surface area (TPSA) is 63.6 Å². The zero-order valence-corrected chi connectivity index (χ0v) is 49.4. The number of ketones is 1. The van der Waals surface area contributed by atoms with E-state index in [0.29, 0.717) is 5.56 Å². The smallest absolute Gasteiger partial charge is 0.194 e. The summed E-state index contributed by atoms with van der Waals surface area (Å²) in [5.74, 6) is 0.0366. The van der Waals surface area contributed by atoms with Crippen molar-refractivity contribution in [2.24, 2.45) is 0 Å². The molecule has 2 aliphatic carbocycles. The van der Waals surface area contributed by atoms with Gasteiger partial charge in [0.2, 0.25) is 0 Å². The number of halogens is 5. The molecule has 0 saturated heterocycles. The Morgan fingerprint density at radius 3 is 1.33 bits per heavy atom. The van der Waals surface area contributed by atoms with Gasteiger partial charge < -0.3 is 13.9 Å². The van der Waals surface area contributed by atoms with Gasteiger partial charge in [0.1, 0.15) is 27.9 Å². The average molecular weight is 1340 g/mol. The van der Waals surface area contributed by atoms with Gasteiger partial charge in [0.25, 0.3) is 0 Å². The number of hydrogen-bond donors (Lipinski definition) is 1. The number of hydrogen-bond acceptors (Lipinski definition) is 4. The SMILES string of the molecule is Brc1ccccc1-c1ccccc1.O=C1c2cc(Br)c3ccccc3c2-c2c1cc(Br)c1c2oc2ccccc21.OC1(c2ccccc2-c2ccccc2)c2cc(Br)c3ccccc3c2-c2c1cc(Br)c1c2oc2ccccc21. The van der Waals surface area contributed by atoms with Crippen molar-refractivity contribution in [3.05, 3.63) is 281 Å². The predicted octanol–water partition coefficient (Wildman–Crippen LogP) is 21.8. The lowest BCUT2D eigenvalue weighted by molar-refractivity contribution is 0.104. The van der Waals surface area contributed by atoms with Gasteiger partial charge in [-0.25, -0.2) is 0 Å². The van der Waals surface area contributed by atoms with E-state index in [1.807, 2.05) is 121 Å². The highest BCUT2D eigenvalue weighted by molar-refractivity contribution is 9.11. The van der Waals surface area contributed by atoms with E-state index in [9.17, 15) is 9.90 Å². The van der Waals surface area contributed by atoms with Gasteiger partial charge in [-0.1, -0.05) is 236 Å². The number of rotatable bonds is 3. The van der Waals surface area contributed by atoms with E-state index in [2.05, 4.69) is 189 Å². The summed E-state index contributed by atoms with van der Waals surface area (Å²) in [4.78, 5) is 13.2. The minimum Gasteiger partial charge on any atom is -0.455 e. The van der Waals surface area contributed by atoms with Crippen molar-refractivity contribution in [2.75, 3.05) is 0 Å². The fourth-order valence-corrected chi connectivity index (χ4v) is 14.8. The largest absolute Gasteiger partial charge is 0.455 e. The Morgan fingerprint density at radius 1 is 0.316 bits per heavy atom. The van der Waals surface area contributed by atoms with Gasteiger partial charge in [-0.3, -0.25) is 4.79 Å². The molecule has 378 valence electrons. The molecule has 0 aliphatic heterocycles. The summed E-state index contributed by atoms with van der Waals surface area (Å²) in [7, 11) is 0. The van der Waals surface area contributed by atoms with Crippen LogP contribution in [0.2, 0.25) is 0 Å². The Kier molecular flexibility index (Phi) is 12.6. The number of furan rings is 2. The molecule has 1 N–H and O–H groups in total. The zero-order valence-electron chi connectivity index (χ0n) is 41.5. The van der Waals surface area contributed by atoms with E-state index in [1.165, 1.54) is 11.1 Å². The normalized spacial score (nSPS) is 14.0. The van der Waals surface area contributed by atoms with Crippen molar-refractivity contribution >= 4 is 151 Å². The molecule has 79 heavy (non-hydrogen) atoms. The van der Waals surface area contributed by atoms with Crippen LogP contribution in [0, 0.1) is 0 Å². The molecule has 1 atom stereocenters. The Morgan fingerprint density at radius 2 is 0.722 bits per heavy atom. The first-order valence-corrected chi connectivity index (χ1v) is 29.5. The van der Waals surface area contributed by atoms with Crippen LogP contribution in [0.5, 0.6) is 0 Å². The standard InChI is InChI=1S/C35H20Br2O2.C23H10Br2O2.C12H9Br/c36-28-18-26-31(23-14-5-4-13-22(23)28)33-27(19-29(37)32-24-15-7-9-17-30(24)39-34(32)33)35(26,38)25-16-8-6-12-21(25)20-10-2-1-3-11-20;24-16-9-14-19(12-6-2-1-5-11(12)16)21-15(22(14)26)10-17(25)20-13-7-3-4-8-18(13)27-23(20)21;13-12-9-5-4-8-11(12)10-6-2-1-3-7-10/h1-19,38H;1-10H;1-9H. The molecule has 2 heterocycles. The van der Waals surface area contributed by atoms with Crippen molar-refractivity contribution in [3.8, 4) is 44.5 Å². The molecule has 12 aromatic carbocycles. The van der Waals surface area contributed by atoms with Crippen molar-refractivity contribution in [3.63, 3.8) is 0 Å².